The van der Waals surface area contributed by atoms with Crippen LogP contribution >= 0.6 is 0 Å². The first kappa shape index (κ1) is 12.9. The van der Waals surface area contributed by atoms with Gasteiger partial charge >= 0.3 is 6.21 Å². The van der Waals surface area contributed by atoms with Crippen molar-refractivity contribution in [2.24, 2.45) is 5.41 Å². The highest BCUT2D eigenvalue weighted by atomic mass is 16.1. The third kappa shape index (κ3) is 3.29. The third-order valence-corrected chi connectivity index (χ3v) is 1.90. The van der Waals surface area contributed by atoms with Gasteiger partial charge in [0.25, 0.3) is 5.78 Å². The molecule has 0 heterocycles. The molecule has 0 amide bonds. The zero-order chi connectivity index (χ0) is 11.9. The molecule has 0 saturated carbocycles. The second kappa shape index (κ2) is 5.63. The molecule has 0 aliphatic carbocycles. The van der Waals surface area contributed by atoms with Crippen molar-refractivity contribution in [2.45, 2.75) is 19.8 Å². The molecule has 0 aromatic carbocycles. The second-order valence-electron chi connectivity index (χ2n) is 3.17. The fourth-order valence-corrected chi connectivity index (χ4v) is 1.25. The summed E-state index contributed by atoms with van der Waals surface area (Å²) in [4.78, 5) is 25.0. The Hall–Kier alpha value is -2.05. The summed E-state index contributed by atoms with van der Waals surface area (Å²) in [5, 5.41) is 8.94. The van der Waals surface area contributed by atoms with Crippen LogP contribution < -0.4 is 0 Å². The van der Waals surface area contributed by atoms with E-state index >= 15 is 0 Å². The first-order chi connectivity index (χ1) is 7.02. The van der Waals surface area contributed by atoms with E-state index in [-0.39, 0.29) is 18.6 Å². The molecule has 0 radical (unpaired) electrons. The molecule has 1 atom stereocenters. The molecule has 0 spiro atoms. The van der Waals surface area contributed by atoms with Gasteiger partial charge in [-0.2, -0.15) is 10.1 Å². The predicted octanol–water partition coefficient (Wildman–Crippen LogP) is 0.921. The van der Waals surface area contributed by atoms with Crippen LogP contribution in [0, 0.1) is 16.7 Å². The number of ketones is 2. The molecular formula is C10H11N3O2. The monoisotopic (exact) mass is 205 g/mol. The van der Waals surface area contributed by atoms with Crippen molar-refractivity contribution >= 4 is 17.8 Å². The van der Waals surface area contributed by atoms with Gasteiger partial charge in [-0.25, -0.2) is 0 Å². The van der Waals surface area contributed by atoms with Gasteiger partial charge in [0, 0.05) is 6.42 Å². The van der Waals surface area contributed by atoms with Gasteiger partial charge in [0.05, 0.1) is 6.07 Å². The smallest absolute Gasteiger partial charge is 0.324 e. The Bertz CT molecular complexity index is 375. The Kier molecular flexibility index (Phi) is 4.86. The van der Waals surface area contributed by atoms with Gasteiger partial charge in [0.2, 0.25) is 0 Å². The van der Waals surface area contributed by atoms with Gasteiger partial charge in [0.15, 0.2) is 0 Å². The molecule has 0 rings (SSSR count). The van der Waals surface area contributed by atoms with Crippen molar-refractivity contribution in [1.29, 1.82) is 5.26 Å². The zero-order valence-electron chi connectivity index (χ0n) is 8.43. The zero-order valence-corrected chi connectivity index (χ0v) is 8.43. The summed E-state index contributed by atoms with van der Waals surface area (Å²) in [5.41, 5.74) is 6.74. The van der Waals surface area contributed by atoms with Crippen molar-refractivity contribution in [3.8, 4) is 6.07 Å². The summed E-state index contributed by atoms with van der Waals surface area (Å²) in [6.07, 6.45) is 1.86. The molecule has 0 bridgehead atoms. The molecule has 0 aliphatic rings. The minimum Gasteiger partial charge on any atom is -0.361 e. The lowest BCUT2D eigenvalue weighted by molar-refractivity contribution is -0.127. The van der Waals surface area contributed by atoms with Crippen LogP contribution in [0.5, 0.6) is 0 Å². The van der Waals surface area contributed by atoms with E-state index in [0.717, 1.165) is 0 Å². The van der Waals surface area contributed by atoms with Crippen LogP contribution in [0.3, 0.4) is 0 Å². The highest BCUT2D eigenvalue weighted by molar-refractivity contribution is 6.29. The summed E-state index contributed by atoms with van der Waals surface area (Å²) in [5.74, 6) is -0.972. The van der Waals surface area contributed by atoms with Gasteiger partial charge < -0.3 is 5.53 Å². The van der Waals surface area contributed by atoms with Gasteiger partial charge in [-0.3, -0.25) is 9.59 Å². The number of carbonyl (C=O) groups is 2. The average Bonchev–Trinajstić information content (AvgIpc) is 2.16. The van der Waals surface area contributed by atoms with Gasteiger partial charge in [-0.05, 0) is 13.3 Å². The van der Waals surface area contributed by atoms with Crippen molar-refractivity contribution < 1.29 is 14.4 Å². The van der Waals surface area contributed by atoms with Crippen LogP contribution in [0.2, 0.25) is 0 Å². The maximum atomic E-state index is 11.5. The number of rotatable bonds is 6. The molecule has 0 fully saturated rings. The lowest BCUT2D eigenvalue weighted by Crippen LogP contribution is -2.32. The maximum Gasteiger partial charge on any atom is 0.324 e. The normalized spacial score (nSPS) is 12.8. The molecule has 0 N–H and O–H groups in total. The van der Waals surface area contributed by atoms with Gasteiger partial charge in [-0.1, -0.05) is 6.08 Å². The fourth-order valence-electron chi connectivity index (χ4n) is 1.25. The minimum atomic E-state index is -1.49. The molecule has 0 aromatic rings. The number of nitriles is 1. The number of allylic oxidation sites excluding steroid dienone is 1. The molecule has 0 saturated heterocycles. The number of hydrogen-bond acceptors (Lipinski definition) is 3. The van der Waals surface area contributed by atoms with E-state index in [4.69, 9.17) is 10.8 Å². The standard InChI is InChI=1S/C10H11N3O2/c1-3-4-10(7-11,5-8(2)14)9(15)6-13-12/h3,6H,1,4-5H2,2H3/t10-/m0/s1. The topological polar surface area (TPSA) is 94.3 Å². The van der Waals surface area contributed by atoms with Gasteiger partial charge in [-0.15, -0.1) is 6.58 Å². The van der Waals surface area contributed by atoms with Crippen molar-refractivity contribution in [3.05, 3.63) is 18.2 Å². The van der Waals surface area contributed by atoms with Crippen LogP contribution in [0.1, 0.15) is 19.8 Å². The Labute approximate surface area is 87.6 Å². The summed E-state index contributed by atoms with van der Waals surface area (Å²) < 4.78 is 0. The SMILES string of the molecule is C=CC[C@@](C#N)(CC(C)=O)C(=O)C=[N+]=[N-]. The van der Waals surface area contributed by atoms with Crippen LogP contribution in [-0.2, 0) is 9.59 Å². The summed E-state index contributed by atoms with van der Waals surface area (Å²) in [7, 11) is 0. The molecular weight excluding hydrogens is 194 g/mol. The Morgan fingerprint density at radius 1 is 1.67 bits per heavy atom. The first-order valence-electron chi connectivity index (χ1n) is 4.26. The van der Waals surface area contributed by atoms with Gasteiger partial charge in [0.1, 0.15) is 11.2 Å². The molecule has 0 unspecified atom stereocenters. The summed E-state index contributed by atoms with van der Waals surface area (Å²) >= 11 is 0. The average molecular weight is 205 g/mol. The predicted molar refractivity (Wildman–Crippen MR) is 52.8 cm³/mol. The number of carbonyl (C=O) groups excluding carboxylic acids is 2. The quantitative estimate of drug-likeness (QED) is 0.279. The summed E-state index contributed by atoms with van der Waals surface area (Å²) in [6, 6.07) is 1.79. The molecule has 5 nitrogen and oxygen atoms in total. The Morgan fingerprint density at radius 3 is 2.60 bits per heavy atom. The first-order valence-corrected chi connectivity index (χ1v) is 4.26. The van der Waals surface area contributed by atoms with Crippen molar-refractivity contribution in [3.63, 3.8) is 0 Å². The lowest BCUT2D eigenvalue weighted by Gasteiger charge is -2.17. The summed E-state index contributed by atoms with van der Waals surface area (Å²) in [6.45, 7) is 4.71. The molecule has 15 heavy (non-hydrogen) atoms. The van der Waals surface area contributed by atoms with E-state index < -0.39 is 11.2 Å². The van der Waals surface area contributed by atoms with E-state index in [1.54, 1.807) is 6.07 Å². The van der Waals surface area contributed by atoms with Crippen LogP contribution in [0.15, 0.2) is 12.7 Å². The number of Topliss-reactive ketones (excluding diaryl/α,β-unsaturated/α-hetero) is 2. The lowest BCUT2D eigenvalue weighted by atomic mass is 9.78. The highest BCUT2D eigenvalue weighted by Crippen LogP contribution is 2.27. The van der Waals surface area contributed by atoms with Crippen molar-refractivity contribution in [2.75, 3.05) is 0 Å². The van der Waals surface area contributed by atoms with Crippen molar-refractivity contribution in [1.82, 2.24) is 0 Å². The third-order valence-electron chi connectivity index (χ3n) is 1.90. The molecule has 78 valence electrons. The van der Waals surface area contributed by atoms with E-state index in [1.807, 2.05) is 0 Å². The van der Waals surface area contributed by atoms with E-state index in [0.29, 0.717) is 6.21 Å². The van der Waals surface area contributed by atoms with Crippen LogP contribution in [0.4, 0.5) is 0 Å². The second-order valence-corrected chi connectivity index (χ2v) is 3.17. The van der Waals surface area contributed by atoms with E-state index in [2.05, 4.69) is 11.4 Å². The highest BCUT2D eigenvalue weighted by Gasteiger charge is 2.39. The Balaban J connectivity index is 5.23. The largest absolute Gasteiger partial charge is 0.361 e. The molecule has 0 aromatic heterocycles. The molecule has 5 heteroatoms. The van der Waals surface area contributed by atoms with Crippen LogP contribution in [-0.4, -0.2) is 22.6 Å². The number of hydrogen-bond donors (Lipinski definition) is 0. The minimum absolute atomic E-state index is 0.0495. The number of nitrogens with zero attached hydrogens (tertiary/aromatic N) is 3. The fraction of sp³-hybridized carbons (Fsp3) is 0.400. The Morgan fingerprint density at radius 2 is 2.27 bits per heavy atom. The molecule has 0 aliphatic heterocycles. The van der Waals surface area contributed by atoms with E-state index in [1.165, 1.54) is 13.0 Å². The van der Waals surface area contributed by atoms with Crippen LogP contribution in [0.25, 0.3) is 5.53 Å². The van der Waals surface area contributed by atoms with E-state index in [9.17, 15) is 9.59 Å². The maximum absolute atomic E-state index is 11.5.